The van der Waals surface area contributed by atoms with Crippen LogP contribution in [0.15, 0.2) is 36.7 Å². The number of rotatable bonds is 2. The number of aromatic nitrogens is 2. The smallest absolute Gasteiger partial charge is 0.140 e. The SMILES string of the molecule is CN(C)C1CC23CCC4(O2)C2CC=C(c5ccc6cnncc6c5)C2(C)CCC4(F)CC3C(O)C1O. The van der Waals surface area contributed by atoms with E-state index in [2.05, 4.69) is 41.4 Å². The van der Waals surface area contributed by atoms with Crippen molar-refractivity contribution in [3.05, 3.63) is 42.2 Å². The Morgan fingerprint density at radius 3 is 2.56 bits per heavy atom. The lowest BCUT2D eigenvalue weighted by Crippen LogP contribution is -2.72. The van der Waals surface area contributed by atoms with Gasteiger partial charge in [0.25, 0.3) is 0 Å². The zero-order valence-electron chi connectivity index (χ0n) is 21.3. The van der Waals surface area contributed by atoms with Crippen LogP contribution in [0, 0.1) is 17.3 Å². The topological polar surface area (TPSA) is 78.7 Å². The first-order chi connectivity index (χ1) is 17.1. The lowest BCUT2D eigenvalue weighted by atomic mass is 9.51. The second-order valence-electron chi connectivity index (χ2n) is 12.7. The predicted octanol–water partition coefficient (Wildman–Crippen LogP) is 3.91. The first-order valence-electron chi connectivity index (χ1n) is 13.5. The van der Waals surface area contributed by atoms with Gasteiger partial charge in [0.1, 0.15) is 11.3 Å². The molecule has 3 heterocycles. The fraction of sp³-hybridized carbons (Fsp3) is 0.655. The van der Waals surface area contributed by atoms with Crippen LogP contribution < -0.4 is 0 Å². The van der Waals surface area contributed by atoms with Crippen molar-refractivity contribution < 1.29 is 19.3 Å². The molecule has 3 aliphatic carbocycles. The number of fused-ring (bicyclic) bond motifs is 2. The van der Waals surface area contributed by atoms with E-state index in [4.69, 9.17) is 4.74 Å². The average molecular weight is 494 g/mol. The molecule has 2 N–H and O–H groups in total. The quantitative estimate of drug-likeness (QED) is 0.661. The van der Waals surface area contributed by atoms with Gasteiger partial charge in [0.05, 0.1) is 30.2 Å². The van der Waals surface area contributed by atoms with Gasteiger partial charge in [-0.2, -0.15) is 10.2 Å². The van der Waals surface area contributed by atoms with Crippen LogP contribution in [-0.2, 0) is 4.74 Å². The summed E-state index contributed by atoms with van der Waals surface area (Å²) < 4.78 is 24.3. The highest BCUT2D eigenvalue weighted by atomic mass is 19.1. The van der Waals surface area contributed by atoms with Gasteiger partial charge in [-0.15, -0.1) is 0 Å². The Morgan fingerprint density at radius 1 is 1.00 bits per heavy atom. The predicted molar refractivity (Wildman–Crippen MR) is 135 cm³/mol. The van der Waals surface area contributed by atoms with Crippen LogP contribution in [0.1, 0.15) is 57.4 Å². The largest absolute Gasteiger partial charge is 0.390 e. The summed E-state index contributed by atoms with van der Waals surface area (Å²) in [5.41, 5.74) is -0.638. The van der Waals surface area contributed by atoms with Crippen LogP contribution in [0.3, 0.4) is 0 Å². The van der Waals surface area contributed by atoms with E-state index in [1.165, 1.54) is 11.1 Å². The van der Waals surface area contributed by atoms with E-state index in [0.717, 1.165) is 30.0 Å². The highest BCUT2D eigenvalue weighted by molar-refractivity contribution is 5.86. The Bertz CT molecular complexity index is 1270. The number of aliphatic hydroxyl groups excluding tert-OH is 2. The van der Waals surface area contributed by atoms with Gasteiger partial charge in [-0.1, -0.05) is 25.1 Å². The first kappa shape index (κ1) is 23.2. The van der Waals surface area contributed by atoms with Crippen LogP contribution in [0.5, 0.6) is 0 Å². The molecule has 2 saturated carbocycles. The van der Waals surface area contributed by atoms with Gasteiger partial charge < -0.3 is 19.8 Å². The number of ether oxygens (including phenoxy) is 1. The third-order valence-electron chi connectivity index (χ3n) is 11.1. The van der Waals surface area contributed by atoms with Crippen molar-refractivity contribution in [1.82, 2.24) is 15.1 Å². The van der Waals surface area contributed by atoms with Crippen LogP contribution >= 0.6 is 0 Å². The van der Waals surface area contributed by atoms with Gasteiger partial charge in [-0.25, -0.2) is 4.39 Å². The number of benzene rings is 1. The summed E-state index contributed by atoms with van der Waals surface area (Å²) in [7, 11) is 3.87. The van der Waals surface area contributed by atoms with E-state index < -0.39 is 29.1 Å². The molecule has 4 fully saturated rings. The maximum absolute atomic E-state index is 17.2. The van der Waals surface area contributed by atoms with Gasteiger partial charge in [0.2, 0.25) is 0 Å². The Morgan fingerprint density at radius 2 is 1.78 bits per heavy atom. The lowest BCUT2D eigenvalue weighted by molar-refractivity contribution is -0.314. The molecule has 5 aliphatic rings. The van der Waals surface area contributed by atoms with Crippen molar-refractivity contribution in [1.29, 1.82) is 0 Å². The molecule has 9 unspecified atom stereocenters. The van der Waals surface area contributed by atoms with Crippen molar-refractivity contribution in [2.75, 3.05) is 14.1 Å². The Kier molecular flexibility index (Phi) is 4.73. The second-order valence-corrected chi connectivity index (χ2v) is 12.7. The van der Waals surface area contributed by atoms with Crippen LogP contribution in [-0.4, -0.2) is 74.5 Å². The number of allylic oxidation sites excluding steroid dienone is 2. The molecule has 2 bridgehead atoms. The maximum Gasteiger partial charge on any atom is 0.140 e. The summed E-state index contributed by atoms with van der Waals surface area (Å²) >= 11 is 0. The first-order valence-corrected chi connectivity index (χ1v) is 13.5. The molecule has 9 atom stereocenters. The summed E-state index contributed by atoms with van der Waals surface area (Å²) in [6.07, 6.45) is 8.35. The van der Waals surface area contributed by atoms with Crippen molar-refractivity contribution in [2.24, 2.45) is 17.3 Å². The fourth-order valence-electron chi connectivity index (χ4n) is 9.17. The highest BCUT2D eigenvalue weighted by Crippen LogP contribution is 2.72. The molecule has 2 spiro atoms. The minimum absolute atomic E-state index is 0.0483. The number of halogens is 1. The Labute approximate surface area is 211 Å². The molecule has 1 aromatic heterocycles. The lowest BCUT2D eigenvalue weighted by Gasteiger charge is -2.64. The highest BCUT2D eigenvalue weighted by Gasteiger charge is 2.77. The minimum atomic E-state index is -1.49. The van der Waals surface area contributed by atoms with E-state index in [1.54, 1.807) is 12.4 Å². The summed E-state index contributed by atoms with van der Waals surface area (Å²) in [6.45, 7) is 2.31. The molecule has 6 nitrogen and oxygen atoms in total. The summed E-state index contributed by atoms with van der Waals surface area (Å²) in [5, 5.41) is 32.2. The molecular weight excluding hydrogens is 457 g/mol. The van der Waals surface area contributed by atoms with Crippen molar-refractivity contribution in [3.8, 4) is 0 Å². The average Bonchev–Trinajstić information content (AvgIpc) is 3.39. The monoisotopic (exact) mass is 493 g/mol. The summed E-state index contributed by atoms with van der Waals surface area (Å²) in [4.78, 5) is 1.98. The van der Waals surface area contributed by atoms with Crippen LogP contribution in [0.4, 0.5) is 4.39 Å². The number of nitrogens with zero attached hydrogens (tertiary/aromatic N) is 3. The van der Waals surface area contributed by atoms with Gasteiger partial charge in [-0.3, -0.25) is 0 Å². The number of likely N-dealkylation sites (N-methyl/N-ethyl adjacent to an activating group) is 1. The van der Waals surface area contributed by atoms with Gasteiger partial charge in [0.15, 0.2) is 0 Å². The van der Waals surface area contributed by atoms with Crippen molar-refractivity contribution >= 4 is 16.3 Å². The third kappa shape index (κ3) is 2.75. The second kappa shape index (κ2) is 7.34. The number of aliphatic hydroxyl groups is 2. The number of alkyl halides is 1. The molecule has 0 amide bonds. The minimum Gasteiger partial charge on any atom is -0.390 e. The zero-order valence-corrected chi connectivity index (χ0v) is 21.3. The standard InChI is InChI=1S/C29H36FN3O3/c1-26-8-10-28(30)13-21-24(34)25(35)22(33(2)3)14-27(21)9-11-29(28,36-27)23(26)7-6-20(26)17-4-5-18-15-31-32-16-19(18)12-17/h4-6,12,15-16,21-25,34-35H,7-11,13-14H2,1-3H3. The molecule has 192 valence electrons. The molecular formula is C29H36FN3O3. The molecule has 7 heteroatoms. The van der Waals surface area contributed by atoms with E-state index in [-0.39, 0.29) is 29.7 Å². The van der Waals surface area contributed by atoms with Crippen LogP contribution in [0.25, 0.3) is 16.3 Å². The zero-order chi connectivity index (χ0) is 25.1. The summed E-state index contributed by atoms with van der Waals surface area (Å²) in [6, 6.07) is 6.24. The molecule has 2 aromatic rings. The van der Waals surface area contributed by atoms with Crippen LogP contribution in [0.2, 0.25) is 0 Å². The van der Waals surface area contributed by atoms with Crippen molar-refractivity contribution in [2.45, 2.75) is 87.0 Å². The Balaban J connectivity index is 1.27. The van der Waals surface area contributed by atoms with Crippen molar-refractivity contribution in [3.63, 3.8) is 0 Å². The van der Waals surface area contributed by atoms with Gasteiger partial charge in [0, 0.05) is 28.7 Å². The molecule has 7 rings (SSSR count). The Hall–Kier alpha value is -1.93. The summed E-state index contributed by atoms with van der Waals surface area (Å²) in [5.74, 6) is -0.323. The van der Waals surface area contributed by atoms with Gasteiger partial charge in [-0.05, 0) is 81.7 Å². The molecule has 2 saturated heterocycles. The molecule has 0 radical (unpaired) electrons. The van der Waals surface area contributed by atoms with E-state index >= 15 is 4.39 Å². The maximum atomic E-state index is 17.2. The van der Waals surface area contributed by atoms with E-state index in [1.807, 2.05) is 19.0 Å². The number of hydrogen-bond acceptors (Lipinski definition) is 6. The van der Waals surface area contributed by atoms with Gasteiger partial charge >= 0.3 is 0 Å². The number of hydrogen-bond donors (Lipinski definition) is 2. The molecule has 1 aromatic carbocycles. The molecule has 2 aliphatic heterocycles. The third-order valence-corrected chi connectivity index (χ3v) is 11.1. The normalized spacial score (nSPS) is 47.4. The fourth-order valence-corrected chi connectivity index (χ4v) is 9.17. The van der Waals surface area contributed by atoms with E-state index in [9.17, 15) is 10.2 Å². The molecule has 36 heavy (non-hydrogen) atoms. The van der Waals surface area contributed by atoms with E-state index in [0.29, 0.717) is 19.3 Å².